The van der Waals surface area contributed by atoms with Gasteiger partial charge in [-0.05, 0) is 125 Å². The van der Waals surface area contributed by atoms with Crippen LogP contribution in [0.4, 0.5) is 5.69 Å². The van der Waals surface area contributed by atoms with Gasteiger partial charge in [0.15, 0.2) is 5.69 Å². The van der Waals surface area contributed by atoms with Gasteiger partial charge >= 0.3 is 0 Å². The second kappa shape index (κ2) is 18.4. The van der Waals surface area contributed by atoms with Crippen molar-refractivity contribution in [2.24, 2.45) is 0 Å². The molecule has 0 atom stereocenters. The Bertz CT molecular complexity index is 3510. The smallest absolute Gasteiger partial charge is 0.198 e. The molecule has 0 aliphatic rings. The fourth-order valence-corrected chi connectivity index (χ4v) is 7.66. The summed E-state index contributed by atoms with van der Waals surface area (Å²) in [4.78, 5) is 17.3. The van der Waals surface area contributed by atoms with Crippen molar-refractivity contribution in [2.45, 2.75) is 77.8 Å². The first kappa shape index (κ1) is 29.2. The summed E-state index contributed by atoms with van der Waals surface area (Å²) in [6.45, 7) is 15.1. The molecule has 63 heavy (non-hydrogen) atoms. The van der Waals surface area contributed by atoms with Crippen LogP contribution in [0.5, 0.6) is 0 Å². The van der Waals surface area contributed by atoms with E-state index in [1.807, 2.05) is 94.4 Å². The second-order valence-corrected chi connectivity index (χ2v) is 15.9. The van der Waals surface area contributed by atoms with E-state index < -0.39 is 54.9 Å². The van der Waals surface area contributed by atoms with Crippen LogP contribution in [-0.4, -0.2) is 15.0 Å². The number of benzene rings is 5. The average molecular weight is 833 g/mol. The molecule has 0 aliphatic heterocycles. The fourth-order valence-electron chi connectivity index (χ4n) is 7.66. The molecular formula is C58H52N4O. The highest BCUT2D eigenvalue weighted by Gasteiger charge is 2.17. The molecule has 0 amide bonds. The number of hydrogen-bond donors (Lipinski definition) is 0. The van der Waals surface area contributed by atoms with Crippen LogP contribution in [0.25, 0.3) is 60.6 Å². The molecule has 0 aliphatic carbocycles. The van der Waals surface area contributed by atoms with E-state index in [1.54, 1.807) is 42.5 Å². The minimum Gasteiger partial charge on any atom is -0.457 e. The topological polar surface area (TPSA) is 56.2 Å². The Hall–Kier alpha value is -7.16. The number of aromatic nitrogens is 3. The van der Waals surface area contributed by atoms with Crippen molar-refractivity contribution in [2.75, 3.05) is 0 Å². The Kier molecular flexibility index (Phi) is 8.55. The zero-order chi connectivity index (χ0) is 54.0. The minimum atomic E-state index is -3.13. The van der Waals surface area contributed by atoms with Crippen molar-refractivity contribution in [3.63, 3.8) is 0 Å². The van der Waals surface area contributed by atoms with Gasteiger partial charge in [0.1, 0.15) is 11.2 Å². The summed E-state index contributed by atoms with van der Waals surface area (Å²) in [7, 11) is 0. The lowest BCUT2D eigenvalue weighted by Crippen LogP contribution is -2.04. The monoisotopic (exact) mass is 832 g/mol. The largest absolute Gasteiger partial charge is 0.457 e. The molecule has 5 heteroatoms. The van der Waals surface area contributed by atoms with Crippen LogP contribution in [0.2, 0.25) is 0 Å². The molecule has 0 radical (unpaired) electrons. The van der Waals surface area contributed by atoms with Gasteiger partial charge in [-0.1, -0.05) is 137 Å². The first-order chi connectivity index (χ1) is 35.3. The normalized spacial score (nSPS) is 15.7. The summed E-state index contributed by atoms with van der Waals surface area (Å²) >= 11 is 0. The van der Waals surface area contributed by atoms with Crippen molar-refractivity contribution in [3.05, 3.63) is 214 Å². The fraction of sp³-hybridized carbons (Fsp3) is 0.207. The lowest BCUT2D eigenvalue weighted by atomic mass is 9.90. The van der Waals surface area contributed by atoms with Crippen LogP contribution in [-0.2, 0) is 38.2 Å². The number of aryl methyl sites for hydroxylation is 6. The van der Waals surface area contributed by atoms with Crippen molar-refractivity contribution in [3.8, 4) is 33.8 Å². The van der Waals surface area contributed by atoms with E-state index in [0.717, 1.165) is 29.3 Å². The molecule has 310 valence electrons. The van der Waals surface area contributed by atoms with Gasteiger partial charge in [0.2, 0.25) is 0 Å². The third-order valence-corrected chi connectivity index (χ3v) is 10.9. The van der Waals surface area contributed by atoms with Gasteiger partial charge in [0.05, 0.1) is 23.7 Å². The zero-order valence-corrected chi connectivity index (χ0v) is 35.4. The molecule has 4 aromatic heterocycles. The maximum Gasteiger partial charge on any atom is 0.198 e. The van der Waals surface area contributed by atoms with E-state index in [2.05, 4.69) is 19.8 Å². The lowest BCUT2D eigenvalue weighted by Gasteiger charge is -2.16. The van der Waals surface area contributed by atoms with Crippen LogP contribution in [0.15, 0.2) is 163 Å². The van der Waals surface area contributed by atoms with Gasteiger partial charge in [-0.15, -0.1) is 0 Å². The first-order valence-corrected chi connectivity index (χ1v) is 20.9. The Labute approximate surface area is 388 Å². The standard InChI is InChI=1S/C58H52N4O/c1-38(2)50-33-54(44-14-8-6-9-15-44)61-36-46(50)27-24-42-30-41(31-43(32-42)25-28-47-37-62-55(34-51(47)39(3)4)45-16-10-7-11-17-45)23-22-40-26-29-52(60-35-40)48-18-12-19-49-57-53(59-5)20-13-21-56(57)63-58(48)49/h6-21,26,29-39H,22-25,27-28H2,1-4H3/i22D2,23D2,24D2,25D2,27D2,28D2. The lowest BCUT2D eigenvalue weighted by molar-refractivity contribution is 0.670. The summed E-state index contributed by atoms with van der Waals surface area (Å²) in [5.41, 5.74) is 3.60. The highest BCUT2D eigenvalue weighted by Crippen LogP contribution is 2.39. The number of furan rings is 1. The van der Waals surface area contributed by atoms with Crippen molar-refractivity contribution in [1.82, 2.24) is 15.0 Å². The molecule has 0 unspecified atom stereocenters. The number of para-hydroxylation sites is 1. The minimum absolute atomic E-state index is 0.103. The van der Waals surface area contributed by atoms with E-state index in [9.17, 15) is 16.4 Å². The van der Waals surface area contributed by atoms with Crippen molar-refractivity contribution in [1.29, 1.82) is 0 Å². The summed E-state index contributed by atoms with van der Waals surface area (Å²) in [5, 5.41) is 1.32. The van der Waals surface area contributed by atoms with Crippen molar-refractivity contribution >= 4 is 27.6 Å². The third-order valence-electron chi connectivity index (χ3n) is 10.9. The Balaban J connectivity index is 1.18. The van der Waals surface area contributed by atoms with E-state index >= 15 is 0 Å². The quantitative estimate of drug-likeness (QED) is 0.102. The van der Waals surface area contributed by atoms with Gasteiger partial charge in [0, 0.05) is 62.5 Å². The number of fused-ring (bicyclic) bond motifs is 3. The predicted molar refractivity (Wildman–Crippen MR) is 259 cm³/mol. The number of hydrogen-bond acceptors (Lipinski definition) is 4. The number of nitrogens with zero attached hydrogens (tertiary/aromatic N) is 4. The molecule has 0 saturated heterocycles. The maximum absolute atomic E-state index is 9.71. The molecule has 0 N–H and O–H groups in total. The Morgan fingerprint density at radius 1 is 0.524 bits per heavy atom. The number of rotatable bonds is 14. The van der Waals surface area contributed by atoms with Gasteiger partial charge in [-0.3, -0.25) is 15.0 Å². The van der Waals surface area contributed by atoms with E-state index in [-0.39, 0.29) is 28.5 Å². The number of pyridine rings is 3. The van der Waals surface area contributed by atoms with Crippen LogP contribution in [0.1, 0.15) is 100 Å². The summed E-state index contributed by atoms with van der Waals surface area (Å²) < 4.78 is 122. The van der Waals surface area contributed by atoms with Gasteiger partial charge < -0.3 is 4.42 Å². The van der Waals surface area contributed by atoms with Crippen LogP contribution in [0, 0.1) is 6.57 Å². The van der Waals surface area contributed by atoms with Crippen LogP contribution >= 0.6 is 0 Å². The molecule has 0 saturated carbocycles. The maximum atomic E-state index is 9.71. The third kappa shape index (κ3) is 9.08. The molecule has 4 heterocycles. The molecule has 5 nitrogen and oxygen atoms in total. The van der Waals surface area contributed by atoms with Crippen LogP contribution in [0.3, 0.4) is 0 Å². The molecule has 5 aromatic carbocycles. The SMILES string of the molecule is [2H]C([2H])(c1ccc(-c2cccc3c2oc2cccc([N+]#[C-])c23)nc1)C([2H])([2H])c1cc(C([2H])([2H])C([2H])([2H])c2cnc(-c3ccccc3)cc2C(C)C)cc(C([2H])([2H])C([2H])([2H])c2cnc(-c3ccccc3)cc2C(C)C)c1. The predicted octanol–water partition coefficient (Wildman–Crippen LogP) is 14.9. The van der Waals surface area contributed by atoms with Crippen LogP contribution < -0.4 is 0 Å². The molecule has 0 fully saturated rings. The highest BCUT2D eigenvalue weighted by atomic mass is 16.3. The Morgan fingerprint density at radius 3 is 1.57 bits per heavy atom. The second-order valence-electron chi connectivity index (χ2n) is 15.9. The average Bonchev–Trinajstić information content (AvgIpc) is 3.80. The molecule has 9 rings (SSSR count). The van der Waals surface area contributed by atoms with Gasteiger partial charge in [-0.25, -0.2) is 4.85 Å². The zero-order valence-electron chi connectivity index (χ0n) is 47.4. The molecule has 9 aromatic rings. The van der Waals surface area contributed by atoms with Gasteiger partial charge in [-0.2, -0.15) is 0 Å². The first-order valence-electron chi connectivity index (χ1n) is 26.9. The molecule has 0 spiro atoms. The molecule has 0 bridgehead atoms. The highest BCUT2D eigenvalue weighted by molar-refractivity contribution is 6.14. The van der Waals surface area contributed by atoms with E-state index in [0.29, 0.717) is 61.4 Å². The Morgan fingerprint density at radius 2 is 1.05 bits per heavy atom. The summed E-state index contributed by atoms with van der Waals surface area (Å²) in [6.07, 6.45) is -14.5. The summed E-state index contributed by atoms with van der Waals surface area (Å²) in [5.74, 6) is -0.663. The summed E-state index contributed by atoms with van der Waals surface area (Å²) in [6, 6.07) is 38.3. The molecular weight excluding hydrogens is 769 g/mol. The van der Waals surface area contributed by atoms with Crippen molar-refractivity contribution < 1.29 is 20.9 Å². The van der Waals surface area contributed by atoms with Gasteiger partial charge in [0.25, 0.3) is 0 Å². The van der Waals surface area contributed by atoms with E-state index in [4.69, 9.17) is 11.0 Å². The van der Waals surface area contributed by atoms with E-state index in [1.165, 1.54) is 30.7 Å².